The van der Waals surface area contributed by atoms with Gasteiger partial charge in [-0.3, -0.25) is 4.57 Å². The van der Waals surface area contributed by atoms with Gasteiger partial charge >= 0.3 is 11.9 Å². The summed E-state index contributed by atoms with van der Waals surface area (Å²) in [5.41, 5.74) is -0.453. The SMILES string of the molecule is CCn1c(Sc2cc(Cl)nc(C(F)(F)F)n2)n[nH]c1=O. The maximum Gasteiger partial charge on any atom is 0.451 e. The third-order valence-electron chi connectivity index (χ3n) is 2.16. The first-order chi connectivity index (χ1) is 9.31. The van der Waals surface area contributed by atoms with E-state index in [0.29, 0.717) is 6.54 Å². The number of hydrogen-bond acceptors (Lipinski definition) is 5. The highest BCUT2D eigenvalue weighted by Gasteiger charge is 2.35. The topological polar surface area (TPSA) is 76.5 Å². The summed E-state index contributed by atoms with van der Waals surface area (Å²) in [6, 6.07) is 1.17. The molecule has 0 bridgehead atoms. The van der Waals surface area contributed by atoms with Gasteiger partial charge in [-0.2, -0.15) is 13.2 Å². The van der Waals surface area contributed by atoms with Crippen molar-refractivity contribution in [2.24, 2.45) is 0 Å². The van der Waals surface area contributed by atoms with Crippen LogP contribution in [0, 0.1) is 0 Å². The quantitative estimate of drug-likeness (QED) is 0.876. The molecular weight excluding hydrogens is 319 g/mol. The van der Waals surface area contributed by atoms with E-state index in [4.69, 9.17) is 11.6 Å². The molecule has 0 aliphatic heterocycles. The second-order valence-corrected chi connectivity index (χ2v) is 4.88. The van der Waals surface area contributed by atoms with Crippen LogP contribution in [0.5, 0.6) is 0 Å². The van der Waals surface area contributed by atoms with Crippen LogP contribution < -0.4 is 5.69 Å². The number of H-pyrrole nitrogens is 1. The lowest BCUT2D eigenvalue weighted by atomic mass is 10.5. The van der Waals surface area contributed by atoms with Gasteiger partial charge in [-0.15, -0.1) is 5.10 Å². The van der Waals surface area contributed by atoms with Crippen LogP contribution in [0.3, 0.4) is 0 Å². The van der Waals surface area contributed by atoms with Gasteiger partial charge in [-0.05, 0) is 18.7 Å². The average molecular weight is 326 g/mol. The van der Waals surface area contributed by atoms with Crippen LogP contribution in [0.1, 0.15) is 12.7 Å². The molecule has 0 fully saturated rings. The van der Waals surface area contributed by atoms with Crippen LogP contribution in [-0.2, 0) is 12.7 Å². The Morgan fingerprint density at radius 2 is 2.15 bits per heavy atom. The van der Waals surface area contributed by atoms with Gasteiger partial charge in [0.05, 0.1) is 0 Å². The van der Waals surface area contributed by atoms with Gasteiger partial charge in [0.25, 0.3) is 0 Å². The minimum atomic E-state index is -4.70. The van der Waals surface area contributed by atoms with Gasteiger partial charge in [-0.1, -0.05) is 11.6 Å². The van der Waals surface area contributed by atoms with Crippen molar-refractivity contribution in [2.75, 3.05) is 0 Å². The number of hydrogen-bond donors (Lipinski definition) is 1. The summed E-state index contributed by atoms with van der Waals surface area (Å²) in [6.07, 6.45) is -4.70. The standard InChI is InChI=1S/C9H7ClF3N5OS/c1-2-18-7(19)16-17-8(18)20-5-3-4(10)14-6(15-5)9(11,12)13/h3H,2H2,1H3,(H,16,19). The van der Waals surface area contributed by atoms with Gasteiger partial charge in [0.1, 0.15) is 10.2 Å². The first-order valence-electron chi connectivity index (χ1n) is 5.26. The number of rotatable bonds is 3. The molecule has 0 aliphatic rings. The number of nitrogens with zero attached hydrogens (tertiary/aromatic N) is 4. The van der Waals surface area contributed by atoms with Crippen molar-refractivity contribution in [1.82, 2.24) is 24.7 Å². The van der Waals surface area contributed by atoms with Crippen LogP contribution in [-0.4, -0.2) is 24.7 Å². The summed E-state index contributed by atoms with van der Waals surface area (Å²) in [5, 5.41) is 5.72. The lowest BCUT2D eigenvalue weighted by Gasteiger charge is -2.07. The minimum absolute atomic E-state index is 0.0500. The molecule has 2 aromatic heterocycles. The van der Waals surface area contributed by atoms with Gasteiger partial charge in [0.2, 0.25) is 5.82 Å². The minimum Gasteiger partial charge on any atom is -0.270 e. The zero-order valence-electron chi connectivity index (χ0n) is 9.90. The molecule has 0 aliphatic carbocycles. The molecule has 6 nitrogen and oxygen atoms in total. The van der Waals surface area contributed by atoms with Crippen LogP contribution >= 0.6 is 23.4 Å². The second kappa shape index (κ2) is 5.44. The first kappa shape index (κ1) is 14.9. The number of halogens is 4. The van der Waals surface area contributed by atoms with E-state index in [0.717, 1.165) is 11.8 Å². The zero-order chi connectivity index (χ0) is 14.9. The highest BCUT2D eigenvalue weighted by atomic mass is 35.5. The van der Waals surface area contributed by atoms with Crippen molar-refractivity contribution in [3.63, 3.8) is 0 Å². The Kier molecular flexibility index (Phi) is 4.04. The maximum absolute atomic E-state index is 12.6. The molecule has 1 N–H and O–H groups in total. The van der Waals surface area contributed by atoms with Crippen molar-refractivity contribution >= 4 is 23.4 Å². The van der Waals surface area contributed by atoms with E-state index >= 15 is 0 Å². The summed E-state index contributed by atoms with van der Waals surface area (Å²) in [4.78, 5) is 17.8. The zero-order valence-corrected chi connectivity index (χ0v) is 11.5. The number of aromatic nitrogens is 5. The molecule has 108 valence electrons. The Morgan fingerprint density at radius 3 is 2.75 bits per heavy atom. The van der Waals surface area contributed by atoms with Crippen molar-refractivity contribution in [1.29, 1.82) is 0 Å². The summed E-state index contributed by atoms with van der Waals surface area (Å²) in [6.45, 7) is 2.03. The van der Waals surface area contributed by atoms with E-state index in [9.17, 15) is 18.0 Å². The van der Waals surface area contributed by atoms with Crippen molar-refractivity contribution in [3.05, 3.63) is 27.5 Å². The molecule has 0 spiro atoms. The van der Waals surface area contributed by atoms with Crippen molar-refractivity contribution in [2.45, 2.75) is 29.8 Å². The molecule has 11 heteroatoms. The lowest BCUT2D eigenvalue weighted by Crippen LogP contribution is -2.16. The van der Waals surface area contributed by atoms with Gasteiger partial charge in [0, 0.05) is 12.6 Å². The van der Waals surface area contributed by atoms with E-state index in [1.165, 1.54) is 10.6 Å². The van der Waals surface area contributed by atoms with Gasteiger partial charge in [0.15, 0.2) is 5.16 Å². The molecule has 20 heavy (non-hydrogen) atoms. The fourth-order valence-electron chi connectivity index (χ4n) is 1.33. The fraction of sp³-hybridized carbons (Fsp3) is 0.333. The Bertz CT molecular complexity index is 683. The molecule has 2 heterocycles. The maximum atomic E-state index is 12.6. The van der Waals surface area contributed by atoms with Crippen molar-refractivity contribution in [3.8, 4) is 0 Å². The van der Waals surface area contributed by atoms with E-state index in [1.54, 1.807) is 6.92 Å². The largest absolute Gasteiger partial charge is 0.451 e. The van der Waals surface area contributed by atoms with E-state index in [-0.39, 0.29) is 15.3 Å². The number of aromatic amines is 1. The third-order valence-corrected chi connectivity index (χ3v) is 3.27. The van der Waals surface area contributed by atoms with Crippen LogP contribution in [0.2, 0.25) is 5.15 Å². The van der Waals surface area contributed by atoms with Crippen molar-refractivity contribution < 1.29 is 13.2 Å². The molecule has 0 atom stereocenters. The summed E-state index contributed by atoms with van der Waals surface area (Å²) >= 11 is 6.33. The van der Waals surface area contributed by atoms with Gasteiger partial charge < -0.3 is 0 Å². The Labute approximate surface area is 119 Å². The summed E-state index contributed by atoms with van der Waals surface area (Å²) in [7, 11) is 0. The smallest absolute Gasteiger partial charge is 0.270 e. The Morgan fingerprint density at radius 1 is 1.45 bits per heavy atom. The van der Waals surface area contributed by atoms with Crippen LogP contribution in [0.15, 0.2) is 21.0 Å². The second-order valence-electron chi connectivity index (χ2n) is 3.51. The highest BCUT2D eigenvalue weighted by molar-refractivity contribution is 7.99. The molecule has 0 saturated carbocycles. The fourth-order valence-corrected chi connectivity index (χ4v) is 2.48. The number of alkyl halides is 3. The lowest BCUT2D eigenvalue weighted by molar-refractivity contribution is -0.145. The van der Waals surface area contributed by atoms with Crippen LogP contribution in [0.25, 0.3) is 0 Å². The Balaban J connectivity index is 2.39. The molecule has 0 radical (unpaired) electrons. The number of nitrogens with one attached hydrogen (secondary N) is 1. The average Bonchev–Trinajstić information content (AvgIpc) is 2.68. The molecular formula is C9H7ClF3N5OS. The normalized spacial score (nSPS) is 11.8. The van der Waals surface area contributed by atoms with E-state index in [2.05, 4.69) is 20.2 Å². The molecule has 0 amide bonds. The third kappa shape index (κ3) is 3.12. The van der Waals surface area contributed by atoms with Gasteiger partial charge in [-0.25, -0.2) is 19.9 Å². The molecule has 0 aromatic carbocycles. The molecule has 0 saturated heterocycles. The summed E-state index contributed by atoms with van der Waals surface area (Å²) in [5.74, 6) is -1.34. The first-order valence-corrected chi connectivity index (χ1v) is 6.45. The summed E-state index contributed by atoms with van der Waals surface area (Å²) < 4.78 is 39.0. The molecule has 0 unspecified atom stereocenters. The monoisotopic (exact) mass is 325 g/mol. The molecule has 2 rings (SSSR count). The predicted octanol–water partition coefficient (Wildman–Crippen LogP) is 2.20. The van der Waals surface area contributed by atoms with E-state index < -0.39 is 17.7 Å². The predicted molar refractivity (Wildman–Crippen MR) is 64.7 cm³/mol. The van der Waals surface area contributed by atoms with E-state index in [1.807, 2.05) is 0 Å². The Hall–Kier alpha value is -1.55. The van der Waals surface area contributed by atoms with Crippen LogP contribution in [0.4, 0.5) is 13.2 Å². The highest BCUT2D eigenvalue weighted by Crippen LogP contribution is 2.31. The molecule has 2 aromatic rings.